The lowest BCUT2D eigenvalue weighted by Gasteiger charge is -2.17. The molecule has 0 unspecified atom stereocenters. The van der Waals surface area contributed by atoms with Crippen molar-refractivity contribution in [2.24, 2.45) is 0 Å². The molecular weight excluding hydrogens is 224 g/mol. The lowest BCUT2D eigenvalue weighted by molar-refractivity contribution is 0.0627. The molecule has 0 saturated carbocycles. The SMILES string of the molecule is CNCc1ccc(CN(C)CCOC(C)C)cc1. The van der Waals surface area contributed by atoms with Crippen LogP contribution in [0.15, 0.2) is 24.3 Å². The largest absolute Gasteiger partial charge is 0.377 e. The zero-order valence-electron chi connectivity index (χ0n) is 12.1. The molecule has 0 radical (unpaired) electrons. The number of rotatable bonds is 8. The summed E-state index contributed by atoms with van der Waals surface area (Å²) in [5, 5.41) is 3.16. The van der Waals surface area contributed by atoms with E-state index in [4.69, 9.17) is 4.74 Å². The van der Waals surface area contributed by atoms with Crippen molar-refractivity contribution in [2.45, 2.75) is 33.0 Å². The molecular formula is C15H26N2O. The van der Waals surface area contributed by atoms with Gasteiger partial charge in [0.25, 0.3) is 0 Å². The number of hydrogen-bond donors (Lipinski definition) is 1. The molecule has 3 heteroatoms. The monoisotopic (exact) mass is 250 g/mol. The Hall–Kier alpha value is -0.900. The molecule has 1 rings (SSSR count). The van der Waals surface area contributed by atoms with E-state index in [1.807, 2.05) is 7.05 Å². The van der Waals surface area contributed by atoms with E-state index < -0.39 is 0 Å². The van der Waals surface area contributed by atoms with Crippen molar-refractivity contribution in [3.8, 4) is 0 Å². The predicted octanol–water partition coefficient (Wildman–Crippen LogP) is 2.26. The third-order valence-corrected chi connectivity index (χ3v) is 2.78. The smallest absolute Gasteiger partial charge is 0.0596 e. The molecule has 0 atom stereocenters. The van der Waals surface area contributed by atoms with E-state index in [0.29, 0.717) is 6.10 Å². The average molecular weight is 250 g/mol. The molecule has 0 aliphatic carbocycles. The van der Waals surface area contributed by atoms with E-state index in [2.05, 4.69) is 55.4 Å². The fourth-order valence-corrected chi connectivity index (χ4v) is 1.80. The van der Waals surface area contributed by atoms with Crippen molar-refractivity contribution in [2.75, 3.05) is 27.2 Å². The highest BCUT2D eigenvalue weighted by molar-refractivity contribution is 5.22. The Morgan fingerprint density at radius 1 is 1.17 bits per heavy atom. The lowest BCUT2D eigenvalue weighted by Crippen LogP contribution is -2.24. The highest BCUT2D eigenvalue weighted by Crippen LogP contribution is 2.06. The summed E-state index contributed by atoms with van der Waals surface area (Å²) in [6, 6.07) is 8.77. The first kappa shape index (κ1) is 15.2. The molecule has 18 heavy (non-hydrogen) atoms. The van der Waals surface area contributed by atoms with Gasteiger partial charge in [-0.1, -0.05) is 24.3 Å². The van der Waals surface area contributed by atoms with Gasteiger partial charge in [0.05, 0.1) is 12.7 Å². The van der Waals surface area contributed by atoms with Gasteiger partial charge in [-0.3, -0.25) is 4.90 Å². The van der Waals surface area contributed by atoms with Gasteiger partial charge in [-0.15, -0.1) is 0 Å². The van der Waals surface area contributed by atoms with Crippen LogP contribution in [0.5, 0.6) is 0 Å². The number of likely N-dealkylation sites (N-methyl/N-ethyl adjacent to an activating group) is 1. The Morgan fingerprint density at radius 3 is 2.33 bits per heavy atom. The summed E-state index contributed by atoms with van der Waals surface area (Å²) in [6.45, 7) is 7.81. The van der Waals surface area contributed by atoms with Gasteiger partial charge < -0.3 is 10.1 Å². The van der Waals surface area contributed by atoms with Gasteiger partial charge in [-0.05, 0) is 39.1 Å². The zero-order chi connectivity index (χ0) is 13.4. The van der Waals surface area contributed by atoms with Crippen molar-refractivity contribution in [3.63, 3.8) is 0 Å². The highest BCUT2D eigenvalue weighted by atomic mass is 16.5. The number of ether oxygens (including phenoxy) is 1. The van der Waals surface area contributed by atoms with E-state index in [0.717, 1.165) is 26.2 Å². The molecule has 1 aromatic rings. The van der Waals surface area contributed by atoms with Gasteiger partial charge in [-0.25, -0.2) is 0 Å². The first-order valence-corrected chi connectivity index (χ1v) is 6.64. The van der Waals surface area contributed by atoms with Crippen LogP contribution in [0.4, 0.5) is 0 Å². The van der Waals surface area contributed by atoms with Gasteiger partial charge in [0.2, 0.25) is 0 Å². The van der Waals surface area contributed by atoms with E-state index >= 15 is 0 Å². The van der Waals surface area contributed by atoms with Crippen LogP contribution in [0.25, 0.3) is 0 Å². The molecule has 0 fully saturated rings. The van der Waals surface area contributed by atoms with Crippen LogP contribution >= 0.6 is 0 Å². The summed E-state index contributed by atoms with van der Waals surface area (Å²) in [7, 11) is 4.10. The second-order valence-corrected chi connectivity index (χ2v) is 5.00. The highest BCUT2D eigenvalue weighted by Gasteiger charge is 2.01. The summed E-state index contributed by atoms with van der Waals surface area (Å²) < 4.78 is 5.55. The van der Waals surface area contributed by atoms with Crippen molar-refractivity contribution in [1.29, 1.82) is 0 Å². The van der Waals surface area contributed by atoms with Crippen LogP contribution in [0, 0.1) is 0 Å². The summed E-state index contributed by atoms with van der Waals surface area (Å²) in [5.74, 6) is 0. The van der Waals surface area contributed by atoms with Gasteiger partial charge in [0, 0.05) is 19.6 Å². The van der Waals surface area contributed by atoms with Crippen LogP contribution < -0.4 is 5.32 Å². The minimum Gasteiger partial charge on any atom is -0.377 e. The second kappa shape index (κ2) is 8.25. The Kier molecular flexibility index (Phi) is 6.94. The number of benzene rings is 1. The van der Waals surface area contributed by atoms with Gasteiger partial charge in [0.1, 0.15) is 0 Å². The fraction of sp³-hybridized carbons (Fsp3) is 0.600. The molecule has 0 bridgehead atoms. The molecule has 102 valence electrons. The molecule has 0 saturated heterocycles. The van der Waals surface area contributed by atoms with E-state index in [-0.39, 0.29) is 0 Å². The quantitative estimate of drug-likeness (QED) is 0.766. The van der Waals surface area contributed by atoms with Crippen LogP contribution in [0.3, 0.4) is 0 Å². The molecule has 0 amide bonds. The molecule has 0 aliphatic rings. The van der Waals surface area contributed by atoms with Crippen LogP contribution in [0.2, 0.25) is 0 Å². The summed E-state index contributed by atoms with van der Waals surface area (Å²) in [4.78, 5) is 2.29. The average Bonchev–Trinajstić information content (AvgIpc) is 2.31. The van der Waals surface area contributed by atoms with Gasteiger partial charge in [-0.2, -0.15) is 0 Å². The van der Waals surface area contributed by atoms with Crippen LogP contribution in [0.1, 0.15) is 25.0 Å². The van der Waals surface area contributed by atoms with Crippen LogP contribution in [-0.2, 0) is 17.8 Å². The Bertz CT molecular complexity index is 322. The Balaban J connectivity index is 2.32. The maximum Gasteiger partial charge on any atom is 0.0596 e. The lowest BCUT2D eigenvalue weighted by atomic mass is 10.1. The van der Waals surface area contributed by atoms with Gasteiger partial charge >= 0.3 is 0 Å². The van der Waals surface area contributed by atoms with Crippen molar-refractivity contribution < 1.29 is 4.74 Å². The number of nitrogens with zero attached hydrogens (tertiary/aromatic N) is 1. The number of nitrogens with one attached hydrogen (secondary N) is 1. The number of hydrogen-bond acceptors (Lipinski definition) is 3. The Labute approximate surface area is 111 Å². The zero-order valence-corrected chi connectivity index (χ0v) is 12.1. The summed E-state index contributed by atoms with van der Waals surface area (Å²) in [6.07, 6.45) is 0.319. The van der Waals surface area contributed by atoms with Crippen molar-refractivity contribution >= 4 is 0 Å². The molecule has 1 N–H and O–H groups in total. The topological polar surface area (TPSA) is 24.5 Å². The Morgan fingerprint density at radius 2 is 1.78 bits per heavy atom. The fourth-order valence-electron chi connectivity index (χ4n) is 1.80. The molecule has 0 aliphatic heterocycles. The van der Waals surface area contributed by atoms with E-state index in [1.54, 1.807) is 0 Å². The maximum absolute atomic E-state index is 5.55. The minimum absolute atomic E-state index is 0.319. The molecule has 0 heterocycles. The summed E-state index contributed by atoms with van der Waals surface area (Å²) in [5.41, 5.74) is 2.67. The summed E-state index contributed by atoms with van der Waals surface area (Å²) >= 11 is 0. The van der Waals surface area contributed by atoms with E-state index in [9.17, 15) is 0 Å². The van der Waals surface area contributed by atoms with E-state index in [1.165, 1.54) is 11.1 Å². The third kappa shape index (κ3) is 6.15. The minimum atomic E-state index is 0.319. The molecule has 1 aromatic carbocycles. The molecule has 3 nitrogen and oxygen atoms in total. The first-order chi connectivity index (χ1) is 8.61. The standard InChI is InChI=1S/C15H26N2O/c1-13(2)18-10-9-17(4)12-15-7-5-14(6-8-15)11-16-3/h5-8,13,16H,9-12H2,1-4H3. The maximum atomic E-state index is 5.55. The molecule has 0 aromatic heterocycles. The predicted molar refractivity (Wildman–Crippen MR) is 76.6 cm³/mol. The van der Waals surface area contributed by atoms with Crippen LogP contribution in [-0.4, -0.2) is 38.3 Å². The van der Waals surface area contributed by atoms with Crippen molar-refractivity contribution in [3.05, 3.63) is 35.4 Å². The third-order valence-electron chi connectivity index (χ3n) is 2.78. The normalized spacial score (nSPS) is 11.4. The molecule has 0 spiro atoms. The first-order valence-electron chi connectivity index (χ1n) is 6.64. The second-order valence-electron chi connectivity index (χ2n) is 5.00. The van der Waals surface area contributed by atoms with Gasteiger partial charge in [0.15, 0.2) is 0 Å². The van der Waals surface area contributed by atoms with Crippen molar-refractivity contribution in [1.82, 2.24) is 10.2 Å².